The van der Waals surface area contributed by atoms with Gasteiger partial charge in [-0.1, -0.05) is 37.8 Å². The quantitative estimate of drug-likeness (QED) is 0.264. The normalized spacial score (nSPS) is 15.9. The van der Waals surface area contributed by atoms with E-state index in [0.29, 0.717) is 41.6 Å². The van der Waals surface area contributed by atoms with E-state index in [4.69, 9.17) is 15.2 Å². The van der Waals surface area contributed by atoms with E-state index in [9.17, 15) is 10.5 Å². The number of ether oxygens (including phenoxy) is 2. The second-order valence-electron chi connectivity index (χ2n) is 7.52. The van der Waals surface area contributed by atoms with Gasteiger partial charge in [0, 0.05) is 35.2 Å². The summed E-state index contributed by atoms with van der Waals surface area (Å²) in [5.74, 6) is 1.29. The lowest BCUT2D eigenvalue weighted by Crippen LogP contribution is -2.38. The summed E-state index contributed by atoms with van der Waals surface area (Å²) in [5.41, 5.74) is 9.22. The molecule has 6 nitrogen and oxygen atoms in total. The third-order valence-electron chi connectivity index (χ3n) is 4.79. The number of rotatable bonds is 11. The number of benzene rings is 1. The van der Waals surface area contributed by atoms with E-state index < -0.39 is 0 Å². The van der Waals surface area contributed by atoms with Crippen LogP contribution in [-0.4, -0.2) is 38.3 Å². The second kappa shape index (κ2) is 13.9. The minimum atomic E-state index is 0.0534. The summed E-state index contributed by atoms with van der Waals surface area (Å²) in [6.07, 6.45) is 8.18. The van der Waals surface area contributed by atoms with E-state index in [0.717, 1.165) is 22.5 Å². The SMILES string of the molecule is C=C(/C=C\C=NC)CSC(=C\CC)/C(C#N)=C(\C(C#N)=C(/C)N)c1ccc(OC2COC2)cc1. The molecule has 176 valence electrons. The van der Waals surface area contributed by atoms with Crippen LogP contribution in [0.3, 0.4) is 0 Å². The third-order valence-corrected chi connectivity index (χ3v) is 5.98. The van der Waals surface area contributed by atoms with Crippen molar-refractivity contribution >= 4 is 23.5 Å². The van der Waals surface area contributed by atoms with E-state index in [-0.39, 0.29) is 11.7 Å². The molecule has 1 saturated heterocycles. The van der Waals surface area contributed by atoms with Crippen molar-refractivity contribution in [3.05, 3.63) is 82.0 Å². The van der Waals surface area contributed by atoms with Crippen LogP contribution in [0.25, 0.3) is 5.57 Å². The Morgan fingerprint density at radius 2 is 1.94 bits per heavy atom. The number of nitriles is 2. The summed E-state index contributed by atoms with van der Waals surface area (Å²) in [5, 5.41) is 20.1. The lowest BCUT2D eigenvalue weighted by atomic mass is 9.92. The Morgan fingerprint density at radius 1 is 1.26 bits per heavy atom. The summed E-state index contributed by atoms with van der Waals surface area (Å²) in [6, 6.07) is 11.9. The molecule has 1 fully saturated rings. The molecule has 1 aliphatic rings. The van der Waals surface area contributed by atoms with Gasteiger partial charge < -0.3 is 15.2 Å². The Labute approximate surface area is 206 Å². The lowest BCUT2D eigenvalue weighted by Gasteiger charge is -2.26. The Balaban J connectivity index is 2.49. The first-order valence-electron chi connectivity index (χ1n) is 10.9. The van der Waals surface area contributed by atoms with Crippen molar-refractivity contribution in [3.63, 3.8) is 0 Å². The predicted octanol–water partition coefficient (Wildman–Crippen LogP) is 5.34. The van der Waals surface area contributed by atoms with Gasteiger partial charge in [-0.3, -0.25) is 4.99 Å². The maximum Gasteiger partial charge on any atom is 0.145 e. The monoisotopic (exact) mass is 474 g/mol. The van der Waals surface area contributed by atoms with Crippen LogP contribution in [0.2, 0.25) is 0 Å². The molecule has 1 aromatic carbocycles. The van der Waals surface area contributed by atoms with Crippen LogP contribution in [0.5, 0.6) is 5.75 Å². The highest BCUT2D eigenvalue weighted by Gasteiger charge is 2.22. The molecule has 7 heteroatoms. The Bertz CT molecular complexity index is 1100. The topological polar surface area (TPSA) is 104 Å². The number of hydrogen-bond donors (Lipinski definition) is 1. The van der Waals surface area contributed by atoms with Gasteiger partial charge in [0.15, 0.2) is 0 Å². The van der Waals surface area contributed by atoms with E-state index in [1.54, 1.807) is 20.2 Å². The second-order valence-corrected chi connectivity index (χ2v) is 8.54. The van der Waals surface area contributed by atoms with Crippen molar-refractivity contribution in [1.82, 2.24) is 0 Å². The first-order chi connectivity index (χ1) is 16.4. The van der Waals surface area contributed by atoms with Crippen molar-refractivity contribution in [2.45, 2.75) is 26.4 Å². The minimum Gasteiger partial charge on any atom is -0.486 e. The van der Waals surface area contributed by atoms with Crippen molar-refractivity contribution < 1.29 is 9.47 Å². The van der Waals surface area contributed by atoms with Gasteiger partial charge >= 0.3 is 0 Å². The molecule has 2 N–H and O–H groups in total. The van der Waals surface area contributed by atoms with E-state index in [1.807, 2.05) is 49.4 Å². The standard InChI is InChI=1S/C27H30N4O2S/c1-5-7-26(34-18-19(2)8-6-13-31-4)25(15-29)27(24(14-28)20(3)30)21-9-11-22(12-10-21)33-23-16-32-17-23/h6-13,23H,2,5,16-18,30H2,1,3-4H3/b8-6-,24-20+,26-7-,27-25-,31-13?. The summed E-state index contributed by atoms with van der Waals surface area (Å²) in [7, 11) is 1.70. The minimum absolute atomic E-state index is 0.0534. The number of hydrogen-bond acceptors (Lipinski definition) is 7. The summed E-state index contributed by atoms with van der Waals surface area (Å²) in [4.78, 5) is 4.70. The summed E-state index contributed by atoms with van der Waals surface area (Å²) < 4.78 is 11.0. The van der Waals surface area contributed by atoms with Gasteiger partial charge in [0.25, 0.3) is 0 Å². The highest BCUT2D eigenvalue weighted by molar-refractivity contribution is 8.03. The lowest BCUT2D eigenvalue weighted by molar-refractivity contribution is -0.0796. The average Bonchev–Trinajstić information content (AvgIpc) is 2.80. The molecule has 34 heavy (non-hydrogen) atoms. The Kier molecular flexibility index (Phi) is 10.9. The van der Waals surface area contributed by atoms with Gasteiger partial charge in [0.05, 0.1) is 24.4 Å². The van der Waals surface area contributed by atoms with E-state index in [1.165, 1.54) is 11.8 Å². The van der Waals surface area contributed by atoms with Crippen molar-refractivity contribution in [1.29, 1.82) is 10.5 Å². The zero-order chi connectivity index (χ0) is 24.9. The molecule has 1 aliphatic heterocycles. The van der Waals surface area contributed by atoms with Gasteiger partial charge in [-0.25, -0.2) is 0 Å². The molecule has 0 atom stereocenters. The maximum absolute atomic E-state index is 10.2. The fourth-order valence-corrected chi connectivity index (χ4v) is 4.08. The summed E-state index contributed by atoms with van der Waals surface area (Å²) >= 11 is 1.50. The largest absolute Gasteiger partial charge is 0.486 e. The smallest absolute Gasteiger partial charge is 0.145 e. The number of aliphatic imine (C=N–C) groups is 1. The van der Waals surface area contributed by atoms with Crippen LogP contribution >= 0.6 is 11.8 Å². The highest BCUT2D eigenvalue weighted by Crippen LogP contribution is 2.37. The van der Waals surface area contributed by atoms with Crippen LogP contribution in [0, 0.1) is 22.7 Å². The highest BCUT2D eigenvalue weighted by atomic mass is 32.2. The Morgan fingerprint density at radius 3 is 2.44 bits per heavy atom. The molecule has 0 amide bonds. The van der Waals surface area contributed by atoms with Crippen LogP contribution in [0.1, 0.15) is 25.8 Å². The first-order valence-corrected chi connectivity index (χ1v) is 11.9. The van der Waals surface area contributed by atoms with E-state index >= 15 is 0 Å². The predicted molar refractivity (Wildman–Crippen MR) is 140 cm³/mol. The van der Waals surface area contributed by atoms with Gasteiger partial charge in [-0.15, -0.1) is 11.8 Å². The van der Waals surface area contributed by atoms with Crippen LogP contribution in [-0.2, 0) is 4.74 Å². The van der Waals surface area contributed by atoms with Crippen molar-refractivity contribution in [3.8, 4) is 17.9 Å². The maximum atomic E-state index is 10.2. The number of nitrogens with two attached hydrogens (primary N) is 1. The number of thioether (sulfide) groups is 1. The molecule has 1 aromatic rings. The molecule has 0 aliphatic carbocycles. The Hall–Kier alpha value is -3.52. The molecule has 0 unspecified atom stereocenters. The first kappa shape index (κ1) is 26.7. The van der Waals surface area contributed by atoms with Gasteiger partial charge in [0.2, 0.25) is 0 Å². The molecule has 1 heterocycles. The van der Waals surface area contributed by atoms with Gasteiger partial charge in [-0.2, -0.15) is 10.5 Å². The molecular formula is C27H30N4O2S. The fraction of sp³-hybridized carbons (Fsp3) is 0.296. The molecule has 0 spiro atoms. The van der Waals surface area contributed by atoms with Crippen LogP contribution < -0.4 is 10.5 Å². The average molecular weight is 475 g/mol. The third kappa shape index (κ3) is 7.52. The van der Waals surface area contributed by atoms with E-state index in [2.05, 4.69) is 23.7 Å². The number of nitrogens with zero attached hydrogens (tertiary/aromatic N) is 3. The number of allylic oxidation sites excluding steroid dienone is 7. The molecule has 0 bridgehead atoms. The van der Waals surface area contributed by atoms with Crippen molar-refractivity contribution in [2.24, 2.45) is 10.7 Å². The van der Waals surface area contributed by atoms with Gasteiger partial charge in [-0.05, 0) is 42.7 Å². The molecule has 0 radical (unpaired) electrons. The zero-order valence-electron chi connectivity index (χ0n) is 19.9. The van der Waals surface area contributed by atoms with Crippen molar-refractivity contribution in [2.75, 3.05) is 26.0 Å². The molecule has 2 rings (SSSR count). The molecular weight excluding hydrogens is 444 g/mol. The molecule has 0 aromatic heterocycles. The fourth-order valence-electron chi connectivity index (χ4n) is 3.07. The van der Waals surface area contributed by atoms with Crippen LogP contribution in [0.15, 0.2) is 81.4 Å². The molecule has 0 saturated carbocycles. The summed E-state index contributed by atoms with van der Waals surface area (Å²) in [6.45, 7) is 8.90. The van der Waals surface area contributed by atoms with Gasteiger partial charge in [0.1, 0.15) is 24.0 Å². The zero-order valence-corrected chi connectivity index (χ0v) is 20.7. The van der Waals surface area contributed by atoms with Crippen LogP contribution in [0.4, 0.5) is 0 Å².